The van der Waals surface area contributed by atoms with Crippen LogP contribution in [0, 0.1) is 562 Å². The van der Waals surface area contributed by atoms with E-state index in [-0.39, 0.29) is 0 Å². The Hall–Kier alpha value is -20.9. The molecule has 0 saturated heterocycles. The molecule has 0 bridgehead atoms. The van der Waals surface area contributed by atoms with Crippen LogP contribution in [-0.2, 0) is 9.53 Å². The molecule has 0 aromatic rings. The van der Waals surface area contributed by atoms with E-state index in [2.05, 4.69) is 0 Å². The molecule has 0 fully saturated rings. The van der Waals surface area contributed by atoms with Crippen molar-refractivity contribution in [2.75, 3.05) is 6.61 Å². The molecule has 608 valence electrons. The van der Waals surface area contributed by atoms with Crippen LogP contribution in [0.2, 0.25) is 0 Å². The number of hydrogen-bond acceptors (Lipinski definition) is 42. The molecule has 42 nitrogen and oxygen atoms in total. The van der Waals surface area contributed by atoms with E-state index in [1.165, 1.54) is 200 Å². The molecule has 0 aromatic heterocycles. The third-order valence-corrected chi connectivity index (χ3v) is 24.9. The summed E-state index contributed by atoms with van der Waals surface area (Å²) < 4.78 is 6.46. The third kappa shape index (κ3) is 12.9. The van der Waals surface area contributed by atoms with Crippen LogP contribution in [0.5, 0.6) is 0 Å². The van der Waals surface area contributed by atoms with Crippen molar-refractivity contribution in [2.24, 2.45) is 109 Å². The summed E-state index contributed by atoms with van der Waals surface area (Å²) in [7, 11) is 0. The van der Waals surface area contributed by atoms with Gasteiger partial charge in [-0.05, 0) is 6.42 Å². The highest BCUT2D eigenvalue weighted by Crippen LogP contribution is 2.96. The van der Waals surface area contributed by atoms with E-state index in [9.17, 15) is 195 Å². The zero-order chi connectivity index (χ0) is 98.6. The minimum absolute atomic E-state index is 0.709. The van der Waals surface area contributed by atoms with Crippen LogP contribution in [0.4, 0.5) is 0 Å². The van der Waals surface area contributed by atoms with Gasteiger partial charge in [-0.15, -0.1) is 0 Å². The first-order valence-electron chi connectivity index (χ1n) is 36.1. The molecule has 0 N–H and O–H groups in total. The van der Waals surface area contributed by atoms with Crippen molar-refractivity contribution >= 4 is 5.97 Å². The molecule has 0 amide bonds. The number of esters is 1. The molecule has 0 saturated carbocycles. The largest absolute Gasteiger partial charge is 0.465 e. The van der Waals surface area contributed by atoms with Crippen molar-refractivity contribution in [1.29, 1.82) is 210 Å². The Morgan fingerprint density at radius 3 is 0.500 bits per heavy atom. The normalized spacial score (nSPS) is 12.4. The van der Waals surface area contributed by atoms with Crippen LogP contribution in [0.15, 0.2) is 0 Å². The Morgan fingerprint density at radius 1 is 0.211 bits per heavy atom. The molecule has 0 spiro atoms. The molecule has 42 heteroatoms. The molecule has 3 unspecified atom stereocenters. The smallest absolute Gasteiger partial charge is 0.317 e. The summed E-state index contributed by atoms with van der Waals surface area (Å²) in [5.41, 5.74) is -111. The molecule has 0 radical (unpaired) electrons. The van der Waals surface area contributed by atoms with Gasteiger partial charge in [0.15, 0.2) is 0 Å². The van der Waals surface area contributed by atoms with Gasteiger partial charge in [0, 0.05) is 0 Å². The molecule has 0 aliphatic heterocycles. The lowest BCUT2D eigenvalue weighted by Gasteiger charge is -2.80. The second-order valence-electron chi connectivity index (χ2n) is 28.9. The highest BCUT2D eigenvalue weighted by molar-refractivity contribution is 5.88. The van der Waals surface area contributed by atoms with Crippen molar-refractivity contribution in [3.05, 3.63) is 0 Å². The van der Waals surface area contributed by atoms with Gasteiger partial charge in [-0.25, -0.2) is 0 Å². The van der Waals surface area contributed by atoms with Gasteiger partial charge in [0.2, 0.25) is 0 Å². The monoisotopic (exact) mass is 1680 g/mol. The minimum Gasteiger partial charge on any atom is -0.465 e. The molecule has 0 rings (SSSR count). The quantitative estimate of drug-likeness (QED) is 0.0404. The maximum atomic E-state index is 21.0. The number of ether oxygens (including phenoxy) is 1. The summed E-state index contributed by atoms with van der Waals surface area (Å²) in [5.74, 6) is -8.11. The maximum Gasteiger partial charge on any atom is 0.317 e. The standard InChI is InChI=1S/C86H52N40O2/c1-2-3-46-128-67(127)86(83(63-124,77(57-118,23-44-106)24-45-107)78(58-119,66(47-108)4-25-87)68(48-109,5-26-88)6-27-89,84(64-125,79(59-120,69(49-110,7-28-90)8-29-91)70(50-111,9-30-92)10-31-93)80(60-121,71(51-112,11-32-94)12-33-95)72(52-113,13-34-96)14-35-97)85(65-126,81(61-122,73(53-114,15-36-98)16-37-99)74(54-115,17-38-100)18-39-101)82(62-123,75(55-116,19-40-102)20-41-103)76(56-117,21-42-104)22-43-105/h66H,2-24,46H2,1H3. The fraction of sp³-hybridized carbons (Fsp3) is 0.523. The van der Waals surface area contributed by atoms with E-state index >= 15 is 20.6 Å². The predicted octanol–water partition coefficient (Wildman–Crippen LogP) is 9.82. The summed E-state index contributed by atoms with van der Waals surface area (Å²) in [4.78, 5) is 21.0. The van der Waals surface area contributed by atoms with Crippen molar-refractivity contribution in [3.63, 3.8) is 0 Å². The third-order valence-electron chi connectivity index (χ3n) is 24.9. The highest BCUT2D eigenvalue weighted by atomic mass is 16.5. The van der Waals surface area contributed by atoms with Gasteiger partial charge < -0.3 is 4.74 Å². The van der Waals surface area contributed by atoms with Crippen LogP contribution in [0.3, 0.4) is 0 Å². The van der Waals surface area contributed by atoms with Gasteiger partial charge in [0.25, 0.3) is 0 Å². The van der Waals surface area contributed by atoms with Gasteiger partial charge in [-0.1, -0.05) is 13.3 Å². The van der Waals surface area contributed by atoms with Crippen LogP contribution in [0.1, 0.15) is 155 Å². The number of carbonyl (C=O) groups is 1. The number of carbonyl (C=O) groups excluding carboxylic acids is 1. The molecule has 0 heterocycles. The SMILES string of the molecule is CCCCOC(=O)C(C(C#N)(C(C#N)(CC#N)CC#N)C(C#N)(C(C#N)CC#N)C(C#N)(CC#N)CC#N)(C(C#N)(C(C#N)(C(C#N)(CC#N)CC#N)C(C#N)(CC#N)CC#N)C(C#N)(C(C#N)(CC#N)CC#N)C(C#N)(CC#N)CC#N)C(C#N)(C(C#N)(C(C#N)(CC#N)CC#N)C(C#N)(CC#N)CC#N)C(C#N)(C(C#N)(CC#N)CC#N)C(C#N)(CC#N)CC#N. The van der Waals surface area contributed by atoms with Crippen molar-refractivity contribution in [1.82, 2.24) is 0 Å². The van der Waals surface area contributed by atoms with E-state index in [1.807, 2.05) is 0 Å². The molecular formula is C86H52N40O2. The van der Waals surface area contributed by atoms with Crippen molar-refractivity contribution in [2.45, 2.75) is 155 Å². The van der Waals surface area contributed by atoms with Crippen molar-refractivity contribution < 1.29 is 9.53 Å². The molecule has 0 aliphatic carbocycles. The Kier molecular flexibility index (Phi) is 36.4. The van der Waals surface area contributed by atoms with E-state index in [0.717, 1.165) is 49.4 Å². The number of hydrogen-bond donors (Lipinski definition) is 0. The molecule has 0 aromatic carbocycles. The minimum atomic E-state index is -7.62. The van der Waals surface area contributed by atoms with Crippen LogP contribution in [0.25, 0.3) is 0 Å². The molecule has 3 atom stereocenters. The summed E-state index contributed by atoms with van der Waals surface area (Å²) in [6, 6.07) is 48.0. The average Bonchev–Trinajstić information content (AvgIpc) is 0.594. The summed E-state index contributed by atoms with van der Waals surface area (Å²) >= 11 is 0. The fourth-order valence-corrected chi connectivity index (χ4v) is 20.3. The van der Waals surface area contributed by atoms with E-state index in [1.54, 1.807) is 0 Å². The zero-order valence-electron chi connectivity index (χ0n) is 67.3. The van der Waals surface area contributed by atoms with Gasteiger partial charge in [0.05, 0.1) is 390 Å². The van der Waals surface area contributed by atoms with Crippen LogP contribution >= 0.6 is 0 Å². The average molecular weight is 1680 g/mol. The van der Waals surface area contributed by atoms with E-state index in [4.69, 9.17) is 4.74 Å². The van der Waals surface area contributed by atoms with Crippen LogP contribution in [-0.4, -0.2) is 12.6 Å². The fourth-order valence-electron chi connectivity index (χ4n) is 20.3. The highest BCUT2D eigenvalue weighted by Gasteiger charge is 3.07. The van der Waals surface area contributed by atoms with E-state index in [0.29, 0.717) is 0 Å². The molecular weight excluding hydrogens is 1630 g/mol. The topological polar surface area (TPSA) is 978 Å². The Labute approximate surface area is 735 Å². The summed E-state index contributed by atoms with van der Waals surface area (Å²) in [5, 5.41) is 518. The summed E-state index contributed by atoms with van der Waals surface area (Å²) in [6.07, 6.45) is -57.9. The Morgan fingerprint density at radius 2 is 0.375 bits per heavy atom. The number of unbranched alkanes of at least 4 members (excludes halogenated alkanes) is 1. The first kappa shape index (κ1) is 107. The summed E-state index contributed by atoms with van der Waals surface area (Å²) in [6.45, 7) is -1.04. The predicted molar refractivity (Wildman–Crippen MR) is 397 cm³/mol. The first-order chi connectivity index (χ1) is 61.3. The van der Waals surface area contributed by atoms with Gasteiger partial charge in [-0.3, -0.25) is 4.79 Å². The lowest BCUT2D eigenvalue weighted by molar-refractivity contribution is -0.362. The molecule has 128 heavy (non-hydrogen) atoms. The number of nitrogens with zero attached hydrogens (tertiary/aromatic N) is 40. The van der Waals surface area contributed by atoms with Gasteiger partial charge in [0.1, 0.15) is 103 Å². The zero-order valence-corrected chi connectivity index (χ0v) is 67.3. The lowest BCUT2D eigenvalue weighted by Crippen LogP contribution is -2.91. The van der Waals surface area contributed by atoms with Gasteiger partial charge >= 0.3 is 5.97 Å². The lowest BCUT2D eigenvalue weighted by atomic mass is 9.11. The van der Waals surface area contributed by atoms with E-state index < -0.39 is 269 Å². The van der Waals surface area contributed by atoms with Gasteiger partial charge in [-0.2, -0.15) is 210 Å². The maximum absolute atomic E-state index is 21.0. The van der Waals surface area contributed by atoms with Crippen molar-refractivity contribution in [3.8, 4) is 243 Å². The Balaban J connectivity index is 20.3. The second kappa shape index (κ2) is 43.5. The second-order valence-corrected chi connectivity index (χ2v) is 28.9. The number of rotatable bonds is 44. The first-order valence-corrected chi connectivity index (χ1v) is 36.1. The Bertz CT molecular complexity index is 5470. The number of nitriles is 40. The van der Waals surface area contributed by atoms with Crippen LogP contribution < -0.4 is 0 Å². The molecule has 0 aliphatic rings.